The Labute approximate surface area is 142 Å². The standard InChI is InChI=1S/C18H25NO5/c1-4-14(12-7-9-13(23-2)10-8-12)17(21)19-11-5-6-15(20)16(19)18(22)24-3/h7-10,14-16,20H,4-6,11H2,1-3H3/t14-,15+,16+/m0/s1. The Morgan fingerprint density at radius 1 is 1.29 bits per heavy atom. The molecular weight excluding hydrogens is 310 g/mol. The quantitative estimate of drug-likeness (QED) is 0.829. The molecule has 1 aliphatic rings. The van der Waals surface area contributed by atoms with E-state index < -0.39 is 18.1 Å². The van der Waals surface area contributed by atoms with Gasteiger partial charge in [0.2, 0.25) is 5.91 Å². The first kappa shape index (κ1) is 18.3. The van der Waals surface area contributed by atoms with Crippen molar-refractivity contribution < 1.29 is 24.2 Å². The molecule has 0 saturated carbocycles. The van der Waals surface area contributed by atoms with Crippen molar-refractivity contribution in [2.45, 2.75) is 44.2 Å². The fourth-order valence-electron chi connectivity index (χ4n) is 3.22. The highest BCUT2D eigenvalue weighted by molar-refractivity contribution is 5.89. The molecule has 0 radical (unpaired) electrons. The molecule has 3 atom stereocenters. The van der Waals surface area contributed by atoms with Gasteiger partial charge in [-0.15, -0.1) is 0 Å². The normalized spacial score (nSPS) is 21.9. The molecule has 1 N–H and O–H groups in total. The van der Waals surface area contributed by atoms with Crippen molar-refractivity contribution in [2.24, 2.45) is 0 Å². The number of methoxy groups -OCH3 is 2. The van der Waals surface area contributed by atoms with Crippen LogP contribution in [0.4, 0.5) is 0 Å². The van der Waals surface area contributed by atoms with Crippen molar-refractivity contribution in [2.75, 3.05) is 20.8 Å². The van der Waals surface area contributed by atoms with Gasteiger partial charge in [-0.1, -0.05) is 19.1 Å². The Hall–Kier alpha value is -2.08. The summed E-state index contributed by atoms with van der Waals surface area (Å²) in [6, 6.07) is 6.42. The Morgan fingerprint density at radius 2 is 1.96 bits per heavy atom. The van der Waals surface area contributed by atoms with Crippen molar-refractivity contribution in [3.8, 4) is 5.75 Å². The van der Waals surface area contributed by atoms with Gasteiger partial charge < -0.3 is 19.5 Å². The van der Waals surface area contributed by atoms with Crippen LogP contribution in [0.15, 0.2) is 24.3 Å². The van der Waals surface area contributed by atoms with Crippen molar-refractivity contribution >= 4 is 11.9 Å². The third-order valence-electron chi connectivity index (χ3n) is 4.55. The van der Waals surface area contributed by atoms with Crippen LogP contribution in [-0.4, -0.2) is 54.8 Å². The van der Waals surface area contributed by atoms with Gasteiger partial charge in [0.25, 0.3) is 0 Å². The lowest BCUT2D eigenvalue weighted by atomic mass is 9.91. The third-order valence-corrected chi connectivity index (χ3v) is 4.55. The number of ether oxygens (including phenoxy) is 2. The summed E-state index contributed by atoms with van der Waals surface area (Å²) < 4.78 is 9.93. The molecule has 1 saturated heterocycles. The lowest BCUT2D eigenvalue weighted by molar-refractivity contribution is -0.161. The van der Waals surface area contributed by atoms with Gasteiger partial charge in [0.05, 0.1) is 26.2 Å². The Balaban J connectivity index is 2.26. The molecule has 1 heterocycles. The zero-order valence-corrected chi connectivity index (χ0v) is 14.4. The van der Waals surface area contributed by atoms with Gasteiger partial charge in [-0.3, -0.25) is 4.79 Å². The average molecular weight is 335 g/mol. The number of hydrogen-bond acceptors (Lipinski definition) is 5. The molecule has 1 amide bonds. The summed E-state index contributed by atoms with van der Waals surface area (Å²) in [4.78, 5) is 26.5. The van der Waals surface area contributed by atoms with E-state index in [1.54, 1.807) is 7.11 Å². The summed E-state index contributed by atoms with van der Waals surface area (Å²) in [6.45, 7) is 2.38. The van der Waals surface area contributed by atoms with Crippen LogP contribution in [0, 0.1) is 0 Å². The predicted octanol–water partition coefficient (Wildman–Crippen LogP) is 1.71. The lowest BCUT2D eigenvalue weighted by Crippen LogP contribution is -2.56. The maximum absolute atomic E-state index is 13.0. The van der Waals surface area contributed by atoms with Crippen LogP contribution in [0.3, 0.4) is 0 Å². The fraction of sp³-hybridized carbons (Fsp3) is 0.556. The van der Waals surface area contributed by atoms with Crippen molar-refractivity contribution in [3.63, 3.8) is 0 Å². The molecule has 1 aliphatic heterocycles. The predicted molar refractivity (Wildman–Crippen MR) is 88.8 cm³/mol. The highest BCUT2D eigenvalue weighted by atomic mass is 16.5. The number of hydrogen-bond donors (Lipinski definition) is 1. The molecule has 24 heavy (non-hydrogen) atoms. The number of rotatable bonds is 5. The maximum atomic E-state index is 13.0. The number of nitrogens with zero attached hydrogens (tertiary/aromatic N) is 1. The van der Waals surface area contributed by atoms with Crippen LogP contribution in [0.2, 0.25) is 0 Å². The molecule has 6 heteroatoms. The molecular formula is C18H25NO5. The zero-order valence-electron chi connectivity index (χ0n) is 14.4. The molecule has 132 valence electrons. The maximum Gasteiger partial charge on any atom is 0.331 e. The molecule has 0 bridgehead atoms. The zero-order chi connectivity index (χ0) is 17.7. The second-order valence-corrected chi connectivity index (χ2v) is 5.94. The van der Waals surface area contributed by atoms with E-state index in [0.717, 1.165) is 11.3 Å². The number of carbonyl (C=O) groups is 2. The number of esters is 1. The minimum absolute atomic E-state index is 0.156. The molecule has 0 spiro atoms. The molecule has 6 nitrogen and oxygen atoms in total. The molecule has 1 aromatic carbocycles. The molecule has 1 aromatic rings. The topological polar surface area (TPSA) is 76.1 Å². The Bertz CT molecular complexity index is 571. The smallest absolute Gasteiger partial charge is 0.331 e. The fourth-order valence-corrected chi connectivity index (χ4v) is 3.22. The van der Waals surface area contributed by atoms with Crippen LogP contribution < -0.4 is 4.74 Å². The van der Waals surface area contributed by atoms with Crippen molar-refractivity contribution in [3.05, 3.63) is 29.8 Å². The van der Waals surface area contributed by atoms with Crippen molar-refractivity contribution in [1.29, 1.82) is 0 Å². The molecule has 0 unspecified atom stereocenters. The van der Waals surface area contributed by atoms with Crippen LogP contribution in [0.1, 0.15) is 37.7 Å². The lowest BCUT2D eigenvalue weighted by Gasteiger charge is -2.38. The van der Waals surface area contributed by atoms with Crippen molar-refractivity contribution in [1.82, 2.24) is 4.90 Å². The van der Waals surface area contributed by atoms with E-state index in [9.17, 15) is 14.7 Å². The number of aliphatic hydroxyl groups is 1. The van der Waals surface area contributed by atoms with Gasteiger partial charge in [-0.25, -0.2) is 4.79 Å². The number of amides is 1. The Kier molecular flexibility index (Phi) is 6.20. The first-order valence-electron chi connectivity index (χ1n) is 8.23. The SMILES string of the molecule is CC[C@H](C(=O)N1CCC[C@@H](O)[C@@H]1C(=O)OC)c1ccc(OC)cc1. The number of piperidine rings is 1. The first-order valence-corrected chi connectivity index (χ1v) is 8.23. The molecule has 1 fully saturated rings. The summed E-state index contributed by atoms with van der Waals surface area (Å²) >= 11 is 0. The summed E-state index contributed by atoms with van der Waals surface area (Å²) in [5, 5.41) is 10.2. The van der Waals surface area contributed by atoms with Crippen LogP contribution in [-0.2, 0) is 14.3 Å². The summed E-state index contributed by atoms with van der Waals surface area (Å²) in [5.41, 5.74) is 0.868. The van der Waals surface area contributed by atoms with E-state index in [-0.39, 0.29) is 11.8 Å². The largest absolute Gasteiger partial charge is 0.497 e. The van der Waals surface area contributed by atoms with E-state index in [1.807, 2.05) is 31.2 Å². The highest BCUT2D eigenvalue weighted by Crippen LogP contribution is 2.28. The summed E-state index contributed by atoms with van der Waals surface area (Å²) in [7, 11) is 2.86. The molecule has 0 aliphatic carbocycles. The summed E-state index contributed by atoms with van der Waals surface area (Å²) in [5.74, 6) is -0.368. The minimum Gasteiger partial charge on any atom is -0.497 e. The van der Waals surface area contributed by atoms with E-state index >= 15 is 0 Å². The molecule has 2 rings (SSSR count). The summed E-state index contributed by atoms with van der Waals surface area (Å²) in [6.07, 6.45) is 0.872. The van der Waals surface area contributed by atoms with E-state index in [4.69, 9.17) is 9.47 Å². The molecule has 0 aromatic heterocycles. The third kappa shape index (κ3) is 3.70. The number of benzene rings is 1. The number of carbonyl (C=O) groups excluding carboxylic acids is 2. The number of aliphatic hydroxyl groups excluding tert-OH is 1. The van der Waals surface area contributed by atoms with Gasteiger partial charge in [-0.05, 0) is 37.0 Å². The first-order chi connectivity index (χ1) is 11.5. The van der Waals surface area contributed by atoms with E-state index in [2.05, 4.69) is 0 Å². The van der Waals surface area contributed by atoms with Crippen LogP contribution in [0.25, 0.3) is 0 Å². The van der Waals surface area contributed by atoms with Gasteiger partial charge >= 0.3 is 5.97 Å². The van der Waals surface area contributed by atoms with Gasteiger partial charge in [-0.2, -0.15) is 0 Å². The second-order valence-electron chi connectivity index (χ2n) is 5.94. The van der Waals surface area contributed by atoms with E-state index in [1.165, 1.54) is 12.0 Å². The van der Waals surface area contributed by atoms with Gasteiger partial charge in [0.15, 0.2) is 6.04 Å². The number of likely N-dealkylation sites (tertiary alicyclic amines) is 1. The monoisotopic (exact) mass is 335 g/mol. The Morgan fingerprint density at radius 3 is 2.50 bits per heavy atom. The van der Waals surface area contributed by atoms with Crippen LogP contribution >= 0.6 is 0 Å². The van der Waals surface area contributed by atoms with Gasteiger partial charge in [0, 0.05) is 6.54 Å². The minimum atomic E-state index is -0.927. The second kappa shape index (κ2) is 8.15. The van der Waals surface area contributed by atoms with Gasteiger partial charge in [0.1, 0.15) is 5.75 Å². The average Bonchev–Trinajstić information content (AvgIpc) is 2.62. The van der Waals surface area contributed by atoms with Crippen LogP contribution in [0.5, 0.6) is 5.75 Å². The van der Waals surface area contributed by atoms with E-state index in [0.29, 0.717) is 25.8 Å². The highest BCUT2D eigenvalue weighted by Gasteiger charge is 2.41.